The maximum atomic E-state index is 5.45. The number of aryl methyl sites for hydroxylation is 1. The van der Waals surface area contributed by atoms with Gasteiger partial charge in [0.05, 0.1) is 0 Å². The first-order valence-corrected chi connectivity index (χ1v) is 5.22. The summed E-state index contributed by atoms with van der Waals surface area (Å²) in [7, 11) is 0. The second kappa shape index (κ2) is 5.70. The van der Waals surface area contributed by atoms with E-state index < -0.39 is 0 Å². The molecule has 2 N–H and O–H groups in total. The Labute approximate surface area is 85.8 Å². The molecule has 3 nitrogen and oxygen atoms in total. The standard InChI is InChI=1S/C11H19N3/c1-9(2)6-11-7-10(4-3-5-12)13-8-14-11/h7-9H,3-6,12H2,1-2H3. The van der Waals surface area contributed by atoms with Crippen LogP contribution in [0.4, 0.5) is 0 Å². The van der Waals surface area contributed by atoms with Gasteiger partial charge >= 0.3 is 0 Å². The van der Waals surface area contributed by atoms with E-state index in [4.69, 9.17) is 5.73 Å². The molecule has 0 saturated carbocycles. The number of hydrogen-bond donors (Lipinski definition) is 1. The molecule has 3 heteroatoms. The Balaban J connectivity index is 2.59. The summed E-state index contributed by atoms with van der Waals surface area (Å²) in [5, 5.41) is 0. The van der Waals surface area contributed by atoms with E-state index in [1.165, 1.54) is 0 Å². The van der Waals surface area contributed by atoms with Crippen molar-refractivity contribution in [1.29, 1.82) is 0 Å². The van der Waals surface area contributed by atoms with E-state index in [2.05, 4.69) is 29.9 Å². The highest BCUT2D eigenvalue weighted by Crippen LogP contribution is 2.06. The molecule has 0 aliphatic rings. The Morgan fingerprint density at radius 1 is 1.29 bits per heavy atom. The molecular formula is C11H19N3. The van der Waals surface area contributed by atoms with E-state index in [-0.39, 0.29) is 0 Å². The Kier molecular flexibility index (Phi) is 4.53. The van der Waals surface area contributed by atoms with E-state index in [0.717, 1.165) is 37.2 Å². The lowest BCUT2D eigenvalue weighted by Crippen LogP contribution is -2.04. The second-order valence-electron chi connectivity index (χ2n) is 3.99. The molecule has 0 radical (unpaired) electrons. The molecule has 1 rings (SSSR count). The van der Waals surface area contributed by atoms with Crippen LogP contribution < -0.4 is 5.73 Å². The molecule has 0 aliphatic heterocycles. The summed E-state index contributed by atoms with van der Waals surface area (Å²) < 4.78 is 0. The fourth-order valence-corrected chi connectivity index (χ4v) is 1.39. The monoisotopic (exact) mass is 193 g/mol. The lowest BCUT2D eigenvalue weighted by Gasteiger charge is -2.05. The van der Waals surface area contributed by atoms with Crippen molar-refractivity contribution in [3.63, 3.8) is 0 Å². The fourth-order valence-electron chi connectivity index (χ4n) is 1.39. The van der Waals surface area contributed by atoms with Crippen LogP contribution in [-0.2, 0) is 12.8 Å². The van der Waals surface area contributed by atoms with Gasteiger partial charge < -0.3 is 5.73 Å². The molecule has 0 bridgehead atoms. The molecule has 1 heterocycles. The second-order valence-corrected chi connectivity index (χ2v) is 3.99. The van der Waals surface area contributed by atoms with Gasteiger partial charge in [-0.3, -0.25) is 0 Å². The van der Waals surface area contributed by atoms with Crippen LogP contribution in [-0.4, -0.2) is 16.5 Å². The SMILES string of the molecule is CC(C)Cc1cc(CCCN)ncn1. The van der Waals surface area contributed by atoms with Gasteiger partial charge in [0.2, 0.25) is 0 Å². The van der Waals surface area contributed by atoms with Gasteiger partial charge in [0, 0.05) is 11.4 Å². The molecule has 0 aliphatic carbocycles. The van der Waals surface area contributed by atoms with Gasteiger partial charge in [-0.05, 0) is 37.8 Å². The number of aromatic nitrogens is 2. The van der Waals surface area contributed by atoms with Crippen molar-refractivity contribution in [2.24, 2.45) is 11.7 Å². The van der Waals surface area contributed by atoms with Crippen molar-refractivity contribution >= 4 is 0 Å². The van der Waals surface area contributed by atoms with Crippen molar-refractivity contribution in [2.45, 2.75) is 33.1 Å². The lowest BCUT2D eigenvalue weighted by atomic mass is 10.1. The highest BCUT2D eigenvalue weighted by Gasteiger charge is 2.01. The zero-order valence-electron chi connectivity index (χ0n) is 9.03. The highest BCUT2D eigenvalue weighted by molar-refractivity contribution is 5.08. The Morgan fingerprint density at radius 2 is 2.00 bits per heavy atom. The van der Waals surface area contributed by atoms with Crippen molar-refractivity contribution in [3.8, 4) is 0 Å². The lowest BCUT2D eigenvalue weighted by molar-refractivity contribution is 0.631. The van der Waals surface area contributed by atoms with Crippen LogP contribution in [0.1, 0.15) is 31.7 Å². The average molecular weight is 193 g/mol. The predicted molar refractivity (Wildman–Crippen MR) is 57.9 cm³/mol. The van der Waals surface area contributed by atoms with Gasteiger partial charge in [0.15, 0.2) is 0 Å². The molecule has 0 saturated heterocycles. The van der Waals surface area contributed by atoms with Crippen LogP contribution in [0, 0.1) is 5.92 Å². The van der Waals surface area contributed by atoms with Crippen LogP contribution in [0.2, 0.25) is 0 Å². The van der Waals surface area contributed by atoms with Crippen LogP contribution in [0.25, 0.3) is 0 Å². The Hall–Kier alpha value is -0.960. The summed E-state index contributed by atoms with van der Waals surface area (Å²) in [4.78, 5) is 8.46. The van der Waals surface area contributed by atoms with Crippen molar-refractivity contribution in [1.82, 2.24) is 9.97 Å². The molecule has 0 unspecified atom stereocenters. The zero-order valence-corrected chi connectivity index (χ0v) is 9.03. The molecule has 1 aromatic rings. The summed E-state index contributed by atoms with van der Waals surface area (Å²) in [6, 6.07) is 2.09. The van der Waals surface area contributed by atoms with Crippen LogP contribution >= 0.6 is 0 Å². The number of nitrogens with two attached hydrogens (primary N) is 1. The first kappa shape index (κ1) is 11.1. The maximum Gasteiger partial charge on any atom is 0.115 e. The molecular weight excluding hydrogens is 174 g/mol. The average Bonchev–Trinajstić information content (AvgIpc) is 2.14. The van der Waals surface area contributed by atoms with E-state index in [1.807, 2.05) is 0 Å². The predicted octanol–water partition coefficient (Wildman–Crippen LogP) is 1.57. The molecule has 0 fully saturated rings. The third kappa shape index (κ3) is 3.83. The summed E-state index contributed by atoms with van der Waals surface area (Å²) in [5.74, 6) is 0.646. The number of hydrogen-bond acceptors (Lipinski definition) is 3. The summed E-state index contributed by atoms with van der Waals surface area (Å²) >= 11 is 0. The van der Waals surface area contributed by atoms with Gasteiger partial charge in [-0.1, -0.05) is 13.8 Å². The Morgan fingerprint density at radius 3 is 2.64 bits per heavy atom. The number of rotatable bonds is 5. The minimum atomic E-state index is 0.646. The first-order chi connectivity index (χ1) is 6.72. The molecule has 14 heavy (non-hydrogen) atoms. The van der Waals surface area contributed by atoms with Crippen molar-refractivity contribution in [2.75, 3.05) is 6.54 Å². The third-order valence-corrected chi connectivity index (χ3v) is 2.03. The van der Waals surface area contributed by atoms with Gasteiger partial charge in [0.1, 0.15) is 6.33 Å². The normalized spacial score (nSPS) is 10.9. The quantitative estimate of drug-likeness (QED) is 0.772. The summed E-state index contributed by atoms with van der Waals surface area (Å²) in [5.41, 5.74) is 7.70. The topological polar surface area (TPSA) is 51.8 Å². The van der Waals surface area contributed by atoms with Crippen molar-refractivity contribution in [3.05, 3.63) is 23.8 Å². The van der Waals surface area contributed by atoms with E-state index in [0.29, 0.717) is 5.92 Å². The summed E-state index contributed by atoms with van der Waals surface area (Å²) in [6.07, 6.45) is 4.64. The minimum Gasteiger partial charge on any atom is -0.330 e. The van der Waals surface area contributed by atoms with Crippen molar-refractivity contribution < 1.29 is 0 Å². The molecule has 0 atom stereocenters. The summed E-state index contributed by atoms with van der Waals surface area (Å²) in [6.45, 7) is 5.12. The largest absolute Gasteiger partial charge is 0.330 e. The van der Waals surface area contributed by atoms with E-state index >= 15 is 0 Å². The molecule has 1 aromatic heterocycles. The minimum absolute atomic E-state index is 0.646. The molecule has 78 valence electrons. The Bertz CT molecular complexity index is 271. The van der Waals surface area contributed by atoms with Gasteiger partial charge in [-0.15, -0.1) is 0 Å². The molecule has 0 amide bonds. The zero-order chi connectivity index (χ0) is 10.4. The van der Waals surface area contributed by atoms with E-state index in [9.17, 15) is 0 Å². The fraction of sp³-hybridized carbons (Fsp3) is 0.636. The maximum absolute atomic E-state index is 5.45. The van der Waals surface area contributed by atoms with Crippen LogP contribution in [0.5, 0.6) is 0 Å². The molecule has 0 spiro atoms. The third-order valence-electron chi connectivity index (χ3n) is 2.03. The highest BCUT2D eigenvalue weighted by atomic mass is 14.8. The smallest absolute Gasteiger partial charge is 0.115 e. The van der Waals surface area contributed by atoms with Gasteiger partial charge in [0.25, 0.3) is 0 Å². The first-order valence-electron chi connectivity index (χ1n) is 5.22. The van der Waals surface area contributed by atoms with Gasteiger partial charge in [-0.2, -0.15) is 0 Å². The van der Waals surface area contributed by atoms with Crippen LogP contribution in [0.15, 0.2) is 12.4 Å². The van der Waals surface area contributed by atoms with E-state index in [1.54, 1.807) is 6.33 Å². The van der Waals surface area contributed by atoms with Crippen LogP contribution in [0.3, 0.4) is 0 Å². The molecule has 0 aromatic carbocycles. The number of nitrogens with zero attached hydrogens (tertiary/aromatic N) is 2. The van der Waals surface area contributed by atoms with Gasteiger partial charge in [-0.25, -0.2) is 9.97 Å².